The molecule has 0 saturated carbocycles. The lowest BCUT2D eigenvalue weighted by Crippen LogP contribution is -2.45. The summed E-state index contributed by atoms with van der Waals surface area (Å²) < 4.78 is 49.2. The first kappa shape index (κ1) is 18.8. The van der Waals surface area contributed by atoms with E-state index in [4.69, 9.17) is 9.47 Å². The van der Waals surface area contributed by atoms with Crippen molar-refractivity contribution in [1.29, 1.82) is 0 Å². The van der Waals surface area contributed by atoms with Crippen LogP contribution in [0.4, 0.5) is 13.2 Å². The van der Waals surface area contributed by atoms with Crippen LogP contribution in [0.25, 0.3) is 0 Å². The molecule has 1 amide bonds. The summed E-state index contributed by atoms with van der Waals surface area (Å²) >= 11 is 0. The summed E-state index contributed by atoms with van der Waals surface area (Å²) in [5.74, 6) is -0.321. The molecule has 0 aliphatic carbocycles. The van der Waals surface area contributed by atoms with Gasteiger partial charge < -0.3 is 14.8 Å². The Morgan fingerprint density at radius 2 is 1.96 bits per heavy atom. The lowest BCUT2D eigenvalue weighted by atomic mass is 9.98. The van der Waals surface area contributed by atoms with Gasteiger partial charge in [0.15, 0.2) is 11.5 Å². The monoisotopic (exact) mass is 372 g/mol. The molecule has 0 bridgehead atoms. The van der Waals surface area contributed by atoms with Crippen molar-refractivity contribution in [1.82, 2.24) is 10.2 Å². The highest BCUT2D eigenvalue weighted by Crippen LogP contribution is 2.38. The van der Waals surface area contributed by atoms with Gasteiger partial charge in [-0.3, -0.25) is 9.69 Å². The van der Waals surface area contributed by atoms with Crippen LogP contribution in [-0.4, -0.2) is 49.3 Å². The summed E-state index contributed by atoms with van der Waals surface area (Å²) in [5.41, 5.74) is 0.819. The summed E-state index contributed by atoms with van der Waals surface area (Å²) in [6.07, 6.45) is -4.42. The number of nitrogens with zero attached hydrogens (tertiary/aromatic N) is 1. The van der Waals surface area contributed by atoms with Gasteiger partial charge in [-0.15, -0.1) is 0 Å². The Hall–Kier alpha value is -1.96. The van der Waals surface area contributed by atoms with Crippen LogP contribution < -0.4 is 14.8 Å². The summed E-state index contributed by atoms with van der Waals surface area (Å²) in [5, 5.41) is 2.17. The van der Waals surface area contributed by atoms with Crippen molar-refractivity contribution in [2.45, 2.75) is 38.5 Å². The predicted molar refractivity (Wildman–Crippen MR) is 89.2 cm³/mol. The zero-order valence-corrected chi connectivity index (χ0v) is 14.8. The summed E-state index contributed by atoms with van der Waals surface area (Å²) in [7, 11) is 0. The zero-order valence-electron chi connectivity index (χ0n) is 14.8. The van der Waals surface area contributed by atoms with Crippen LogP contribution in [0.2, 0.25) is 0 Å². The Labute approximate surface area is 150 Å². The predicted octanol–water partition coefficient (Wildman–Crippen LogP) is 2.91. The highest BCUT2D eigenvalue weighted by atomic mass is 19.4. The van der Waals surface area contributed by atoms with Crippen LogP contribution in [0.3, 0.4) is 0 Å². The van der Waals surface area contributed by atoms with Crippen molar-refractivity contribution in [3.8, 4) is 11.5 Å². The van der Waals surface area contributed by atoms with Crippen LogP contribution in [-0.2, 0) is 4.79 Å². The average Bonchev–Trinajstić information content (AvgIpc) is 2.95. The van der Waals surface area contributed by atoms with E-state index in [2.05, 4.69) is 24.1 Å². The Kier molecular flexibility index (Phi) is 5.32. The second-order valence-electron chi connectivity index (χ2n) is 7.10. The molecule has 26 heavy (non-hydrogen) atoms. The number of fused-ring (bicyclic) bond motifs is 1. The maximum absolute atomic E-state index is 12.7. The smallest absolute Gasteiger partial charge is 0.471 e. The molecule has 2 aliphatic heterocycles. The molecule has 144 valence electrons. The van der Waals surface area contributed by atoms with Crippen LogP contribution in [0, 0.1) is 5.92 Å². The third-order valence-electron chi connectivity index (χ3n) is 4.58. The Bertz CT molecular complexity index is 664. The SMILES string of the molecule is CC(C)CN1CC[C@H](NC(=O)C(F)(F)F)C1c1ccc2c(c1)OCCO2. The summed E-state index contributed by atoms with van der Waals surface area (Å²) in [6.45, 7) is 6.38. The number of ether oxygens (including phenoxy) is 2. The fraction of sp³-hybridized carbons (Fsp3) is 0.611. The minimum absolute atomic E-state index is 0.334. The first-order valence-corrected chi connectivity index (χ1v) is 8.77. The number of rotatable bonds is 4. The van der Waals surface area contributed by atoms with Crippen molar-refractivity contribution >= 4 is 5.91 Å². The van der Waals surface area contributed by atoms with E-state index in [1.54, 1.807) is 6.07 Å². The topological polar surface area (TPSA) is 50.8 Å². The van der Waals surface area contributed by atoms with Crippen LogP contribution in [0.5, 0.6) is 11.5 Å². The van der Waals surface area contributed by atoms with Gasteiger partial charge in [0.05, 0.1) is 12.1 Å². The molecule has 1 unspecified atom stereocenters. The van der Waals surface area contributed by atoms with Crippen molar-refractivity contribution in [2.24, 2.45) is 5.92 Å². The number of hydrogen-bond acceptors (Lipinski definition) is 4. The van der Waals surface area contributed by atoms with Gasteiger partial charge in [0, 0.05) is 13.1 Å². The minimum Gasteiger partial charge on any atom is -0.486 e. The van der Waals surface area contributed by atoms with Gasteiger partial charge in [0.2, 0.25) is 0 Å². The maximum Gasteiger partial charge on any atom is 0.471 e. The lowest BCUT2D eigenvalue weighted by Gasteiger charge is -2.31. The molecule has 0 spiro atoms. The number of carbonyl (C=O) groups excluding carboxylic acids is 1. The van der Waals surface area contributed by atoms with Crippen molar-refractivity contribution < 1.29 is 27.4 Å². The third-order valence-corrected chi connectivity index (χ3v) is 4.58. The molecule has 5 nitrogen and oxygen atoms in total. The highest BCUT2D eigenvalue weighted by Gasteiger charge is 2.44. The molecule has 2 atom stereocenters. The van der Waals surface area contributed by atoms with E-state index < -0.39 is 18.1 Å². The fourth-order valence-electron chi connectivity index (χ4n) is 3.62. The molecule has 1 aromatic carbocycles. The van der Waals surface area contributed by atoms with Gasteiger partial charge in [0.1, 0.15) is 13.2 Å². The average molecular weight is 372 g/mol. The molecule has 1 saturated heterocycles. The van der Waals surface area contributed by atoms with Gasteiger partial charge in [-0.2, -0.15) is 13.2 Å². The van der Waals surface area contributed by atoms with Gasteiger partial charge in [-0.1, -0.05) is 19.9 Å². The van der Waals surface area contributed by atoms with Crippen LogP contribution in [0.15, 0.2) is 18.2 Å². The molecular formula is C18H23F3N2O3. The Balaban J connectivity index is 1.87. The third kappa shape index (κ3) is 4.06. The molecule has 8 heteroatoms. The number of amides is 1. The normalized spacial score (nSPS) is 23.3. The van der Waals surface area contributed by atoms with Crippen LogP contribution >= 0.6 is 0 Å². The van der Waals surface area contributed by atoms with E-state index >= 15 is 0 Å². The highest BCUT2D eigenvalue weighted by molar-refractivity contribution is 5.82. The molecule has 0 radical (unpaired) electrons. The molecule has 3 rings (SSSR count). The van der Waals surface area contributed by atoms with Gasteiger partial charge in [0.25, 0.3) is 0 Å². The first-order chi connectivity index (χ1) is 12.3. The van der Waals surface area contributed by atoms with E-state index in [1.807, 2.05) is 12.1 Å². The van der Waals surface area contributed by atoms with Crippen LogP contribution in [0.1, 0.15) is 31.9 Å². The molecular weight excluding hydrogens is 349 g/mol. The first-order valence-electron chi connectivity index (χ1n) is 8.77. The van der Waals surface area contributed by atoms with Crippen molar-refractivity contribution in [2.75, 3.05) is 26.3 Å². The second kappa shape index (κ2) is 7.34. The van der Waals surface area contributed by atoms with Gasteiger partial charge >= 0.3 is 12.1 Å². The number of hydrogen-bond donors (Lipinski definition) is 1. The summed E-state index contributed by atoms with van der Waals surface area (Å²) in [6, 6.07) is 4.48. The lowest BCUT2D eigenvalue weighted by molar-refractivity contribution is -0.174. The number of alkyl halides is 3. The fourth-order valence-corrected chi connectivity index (χ4v) is 3.62. The van der Waals surface area contributed by atoms with Crippen molar-refractivity contribution in [3.63, 3.8) is 0 Å². The second-order valence-corrected chi connectivity index (χ2v) is 7.10. The molecule has 1 fully saturated rings. The Morgan fingerprint density at radius 3 is 2.62 bits per heavy atom. The van der Waals surface area contributed by atoms with E-state index in [-0.39, 0.29) is 6.04 Å². The number of carbonyl (C=O) groups is 1. The molecule has 1 aromatic rings. The molecule has 2 aliphatic rings. The van der Waals surface area contributed by atoms with E-state index in [0.717, 1.165) is 12.1 Å². The quantitative estimate of drug-likeness (QED) is 0.883. The number of likely N-dealkylation sites (tertiary alicyclic amines) is 1. The maximum atomic E-state index is 12.7. The standard InChI is InChI=1S/C18H23F3N2O3/c1-11(2)10-23-6-5-13(22-17(24)18(19,20)21)16(23)12-3-4-14-15(9-12)26-8-7-25-14/h3-4,9,11,13,16H,5-8,10H2,1-2H3,(H,22,24)/t13-,16?/m0/s1. The molecule has 0 aromatic heterocycles. The number of benzene rings is 1. The number of halogens is 3. The zero-order chi connectivity index (χ0) is 18.9. The van der Waals surface area contributed by atoms with E-state index in [1.165, 1.54) is 0 Å². The number of nitrogens with one attached hydrogen (secondary N) is 1. The van der Waals surface area contributed by atoms with Gasteiger partial charge in [-0.25, -0.2) is 0 Å². The van der Waals surface area contributed by atoms with Gasteiger partial charge in [-0.05, 0) is 30.0 Å². The Morgan fingerprint density at radius 1 is 1.27 bits per heavy atom. The minimum atomic E-state index is -4.89. The largest absolute Gasteiger partial charge is 0.486 e. The molecule has 1 N–H and O–H groups in total. The van der Waals surface area contributed by atoms with E-state index in [9.17, 15) is 18.0 Å². The summed E-state index contributed by atoms with van der Waals surface area (Å²) in [4.78, 5) is 13.6. The van der Waals surface area contributed by atoms with E-state index in [0.29, 0.717) is 43.6 Å². The van der Waals surface area contributed by atoms with Crippen molar-refractivity contribution in [3.05, 3.63) is 23.8 Å². The molecule has 2 heterocycles.